The minimum Gasteiger partial charge on any atom is -0.340 e. The molecule has 0 spiro atoms. The van der Waals surface area contributed by atoms with E-state index in [1.165, 1.54) is 0 Å². The van der Waals surface area contributed by atoms with Gasteiger partial charge in [-0.3, -0.25) is 9.59 Å². The lowest BCUT2D eigenvalue weighted by Crippen LogP contribution is -2.57. The van der Waals surface area contributed by atoms with Crippen LogP contribution in [0, 0.1) is 0 Å². The van der Waals surface area contributed by atoms with Crippen LogP contribution in [0.15, 0.2) is 18.2 Å². The number of nitrogens with one attached hydrogen (secondary N) is 1. The smallest absolute Gasteiger partial charge is 0.236 e. The largest absolute Gasteiger partial charge is 0.340 e. The zero-order chi connectivity index (χ0) is 17.1. The van der Waals surface area contributed by atoms with Crippen LogP contribution in [-0.4, -0.2) is 60.4 Å². The highest BCUT2D eigenvalue weighted by atomic mass is 35.5. The van der Waals surface area contributed by atoms with Gasteiger partial charge >= 0.3 is 0 Å². The molecule has 0 bridgehead atoms. The van der Waals surface area contributed by atoms with Crippen LogP contribution in [0.4, 0.5) is 0 Å². The molecule has 2 fully saturated rings. The van der Waals surface area contributed by atoms with Crippen molar-refractivity contribution in [2.75, 3.05) is 32.7 Å². The second kappa shape index (κ2) is 9.08. The zero-order valence-electron chi connectivity index (χ0n) is 13.8. The maximum absolute atomic E-state index is 12.6. The highest BCUT2D eigenvalue weighted by Crippen LogP contribution is 2.24. The molecule has 1 unspecified atom stereocenters. The summed E-state index contributed by atoms with van der Waals surface area (Å²) in [5, 5.41) is 4.04. The van der Waals surface area contributed by atoms with Gasteiger partial charge in [-0.2, -0.15) is 0 Å². The summed E-state index contributed by atoms with van der Waals surface area (Å²) in [6.45, 7) is 3.30. The van der Waals surface area contributed by atoms with E-state index in [0.29, 0.717) is 29.6 Å². The number of hydrogen-bond acceptors (Lipinski definition) is 3. The summed E-state index contributed by atoms with van der Waals surface area (Å²) in [5.74, 6) is 0.200. The maximum Gasteiger partial charge on any atom is 0.236 e. The third-order valence-corrected chi connectivity index (χ3v) is 5.39. The van der Waals surface area contributed by atoms with Gasteiger partial charge in [-0.05, 0) is 30.5 Å². The first-order valence-corrected chi connectivity index (χ1v) is 9.02. The van der Waals surface area contributed by atoms with Crippen molar-refractivity contribution >= 4 is 47.4 Å². The van der Waals surface area contributed by atoms with Crippen molar-refractivity contribution in [3.8, 4) is 0 Å². The van der Waals surface area contributed by atoms with Crippen molar-refractivity contribution in [3.63, 3.8) is 0 Å². The Morgan fingerprint density at radius 1 is 1.24 bits per heavy atom. The van der Waals surface area contributed by atoms with Crippen molar-refractivity contribution in [2.45, 2.75) is 25.3 Å². The molecule has 5 nitrogen and oxygen atoms in total. The number of amides is 2. The minimum absolute atomic E-state index is 0. The molecule has 1 aromatic rings. The fraction of sp³-hybridized carbons (Fsp3) is 0.529. The average Bonchev–Trinajstić information content (AvgIpc) is 2.59. The van der Waals surface area contributed by atoms with E-state index < -0.39 is 0 Å². The van der Waals surface area contributed by atoms with Crippen LogP contribution >= 0.6 is 35.6 Å². The Labute approximate surface area is 164 Å². The van der Waals surface area contributed by atoms with Gasteiger partial charge in [-0.25, -0.2) is 0 Å². The van der Waals surface area contributed by atoms with Gasteiger partial charge in [0.2, 0.25) is 11.8 Å². The molecule has 0 aromatic heterocycles. The van der Waals surface area contributed by atoms with Gasteiger partial charge in [0, 0.05) is 32.2 Å². The first-order chi connectivity index (χ1) is 11.5. The molecular weight excluding hydrogens is 385 g/mol. The van der Waals surface area contributed by atoms with Crippen LogP contribution in [0.3, 0.4) is 0 Å². The number of rotatable bonds is 3. The molecule has 0 saturated carbocycles. The molecule has 25 heavy (non-hydrogen) atoms. The normalized spacial score (nSPS) is 21.0. The van der Waals surface area contributed by atoms with Crippen LogP contribution < -0.4 is 5.32 Å². The van der Waals surface area contributed by atoms with Crippen molar-refractivity contribution in [1.29, 1.82) is 0 Å². The molecule has 2 aliphatic rings. The molecule has 2 amide bonds. The van der Waals surface area contributed by atoms with Crippen LogP contribution in [0.1, 0.15) is 18.4 Å². The van der Waals surface area contributed by atoms with Crippen molar-refractivity contribution < 1.29 is 9.59 Å². The number of piperidine rings is 1. The van der Waals surface area contributed by atoms with Crippen molar-refractivity contribution in [3.05, 3.63) is 33.8 Å². The van der Waals surface area contributed by atoms with Crippen LogP contribution in [0.5, 0.6) is 0 Å². The van der Waals surface area contributed by atoms with E-state index in [1.54, 1.807) is 12.1 Å². The van der Waals surface area contributed by atoms with Gasteiger partial charge in [0.05, 0.1) is 23.0 Å². The fourth-order valence-corrected chi connectivity index (χ4v) is 3.70. The molecule has 1 aromatic carbocycles. The molecule has 3 rings (SSSR count). The molecule has 0 aliphatic carbocycles. The fourth-order valence-electron chi connectivity index (χ4n) is 3.38. The first-order valence-electron chi connectivity index (χ1n) is 8.26. The Kier molecular flexibility index (Phi) is 7.37. The molecule has 2 saturated heterocycles. The Bertz CT molecular complexity index is 642. The maximum atomic E-state index is 12.6. The molecule has 8 heteroatoms. The number of likely N-dealkylation sites (tertiary alicyclic amines) is 1. The molecule has 1 atom stereocenters. The summed E-state index contributed by atoms with van der Waals surface area (Å²) in [5.41, 5.74) is 0.856. The number of benzene rings is 1. The Balaban J connectivity index is 0.00000225. The highest BCUT2D eigenvalue weighted by Gasteiger charge is 2.31. The van der Waals surface area contributed by atoms with Crippen molar-refractivity contribution in [2.24, 2.45) is 0 Å². The predicted octanol–water partition coefficient (Wildman–Crippen LogP) is 2.38. The minimum atomic E-state index is 0. The monoisotopic (exact) mass is 405 g/mol. The summed E-state index contributed by atoms with van der Waals surface area (Å²) in [4.78, 5) is 28.5. The number of halogens is 3. The second-order valence-electron chi connectivity index (χ2n) is 6.32. The summed E-state index contributed by atoms with van der Waals surface area (Å²) in [6, 6.07) is 5.41. The van der Waals surface area contributed by atoms with Crippen LogP contribution in [0.25, 0.3) is 0 Å². The van der Waals surface area contributed by atoms with Gasteiger partial charge in [-0.15, -0.1) is 12.4 Å². The Hall–Kier alpha value is -1.01. The van der Waals surface area contributed by atoms with Gasteiger partial charge in [0.25, 0.3) is 0 Å². The number of carbonyl (C=O) groups excluding carboxylic acids is 2. The highest BCUT2D eigenvalue weighted by molar-refractivity contribution is 6.42. The third-order valence-electron chi connectivity index (χ3n) is 4.66. The average molecular weight is 407 g/mol. The molecule has 2 aliphatic heterocycles. The zero-order valence-corrected chi connectivity index (χ0v) is 16.2. The number of carbonyl (C=O) groups is 2. The molecule has 1 N–H and O–H groups in total. The Morgan fingerprint density at radius 3 is 2.76 bits per heavy atom. The van der Waals surface area contributed by atoms with Gasteiger partial charge in [-0.1, -0.05) is 29.3 Å². The topological polar surface area (TPSA) is 52.7 Å². The summed E-state index contributed by atoms with van der Waals surface area (Å²) in [7, 11) is 0. The lowest BCUT2D eigenvalue weighted by molar-refractivity contribution is -0.140. The Morgan fingerprint density at radius 2 is 2.04 bits per heavy atom. The number of piperazine rings is 1. The lowest BCUT2D eigenvalue weighted by Gasteiger charge is -2.41. The van der Waals surface area contributed by atoms with E-state index in [0.717, 1.165) is 38.0 Å². The lowest BCUT2D eigenvalue weighted by atomic mass is 10.0. The third kappa shape index (κ3) is 5.00. The van der Waals surface area contributed by atoms with Crippen molar-refractivity contribution in [1.82, 2.24) is 15.1 Å². The molecule has 138 valence electrons. The van der Waals surface area contributed by atoms with E-state index in [9.17, 15) is 9.59 Å². The summed E-state index contributed by atoms with van der Waals surface area (Å²) in [6.07, 6.45) is 2.19. The van der Waals surface area contributed by atoms with Crippen LogP contribution in [0.2, 0.25) is 10.0 Å². The summed E-state index contributed by atoms with van der Waals surface area (Å²) >= 11 is 11.9. The quantitative estimate of drug-likeness (QED) is 0.838. The van der Waals surface area contributed by atoms with Gasteiger partial charge in [0.15, 0.2) is 0 Å². The van der Waals surface area contributed by atoms with E-state index in [1.807, 2.05) is 15.9 Å². The predicted molar refractivity (Wildman–Crippen MR) is 102 cm³/mol. The number of nitrogens with zero attached hydrogens (tertiary/aromatic N) is 2. The second-order valence-corrected chi connectivity index (χ2v) is 7.14. The summed E-state index contributed by atoms with van der Waals surface area (Å²) < 4.78 is 0. The van der Waals surface area contributed by atoms with Gasteiger partial charge in [0.1, 0.15) is 0 Å². The van der Waals surface area contributed by atoms with Crippen LogP contribution in [-0.2, 0) is 16.0 Å². The standard InChI is InChI=1S/C17H21Cl2N3O2.ClH/c18-14-4-3-12(8-15(14)19)9-16(23)21-6-1-2-13(11-21)22-7-5-20-10-17(22)24;/h3-4,8,13,20H,1-2,5-7,9-11H2;1H. The van der Waals surface area contributed by atoms with Gasteiger partial charge < -0.3 is 15.1 Å². The first kappa shape index (κ1) is 20.3. The van der Waals surface area contributed by atoms with E-state index in [-0.39, 0.29) is 30.3 Å². The van der Waals surface area contributed by atoms with E-state index in [2.05, 4.69) is 5.32 Å². The van der Waals surface area contributed by atoms with E-state index in [4.69, 9.17) is 23.2 Å². The molecular formula is C17H22Cl3N3O2. The number of hydrogen-bond donors (Lipinski definition) is 1. The van der Waals surface area contributed by atoms with E-state index >= 15 is 0 Å². The molecule has 2 heterocycles. The molecule has 0 radical (unpaired) electrons. The SMILES string of the molecule is Cl.O=C(Cc1ccc(Cl)c(Cl)c1)N1CCCC(N2CCNCC2=O)C1.